The van der Waals surface area contributed by atoms with Crippen LogP contribution in [0, 0.1) is 10.1 Å². The highest BCUT2D eigenvalue weighted by molar-refractivity contribution is 6.05. The third-order valence-corrected chi connectivity index (χ3v) is 5.72. The van der Waals surface area contributed by atoms with Gasteiger partial charge in [-0.15, -0.1) is 0 Å². The minimum absolute atomic E-state index is 0.000687. The Morgan fingerprint density at radius 3 is 2.45 bits per heavy atom. The summed E-state index contributed by atoms with van der Waals surface area (Å²) in [6.45, 7) is 1.68. The zero-order chi connectivity index (χ0) is 23.4. The largest absolute Gasteiger partial charge is 0.493 e. The van der Waals surface area contributed by atoms with E-state index in [0.29, 0.717) is 28.4 Å². The molecule has 2 aromatic carbocycles. The van der Waals surface area contributed by atoms with E-state index in [9.17, 15) is 14.9 Å². The Morgan fingerprint density at radius 2 is 1.82 bits per heavy atom. The second-order valence-corrected chi connectivity index (χ2v) is 7.68. The molecule has 0 bridgehead atoms. The molecule has 3 aromatic rings. The van der Waals surface area contributed by atoms with Crippen LogP contribution in [0.4, 0.5) is 11.4 Å². The molecule has 0 saturated carbocycles. The minimum Gasteiger partial charge on any atom is -0.493 e. The number of aromatic nitrogens is 2. The summed E-state index contributed by atoms with van der Waals surface area (Å²) in [5.41, 5.74) is 2.50. The molecule has 10 nitrogen and oxygen atoms in total. The van der Waals surface area contributed by atoms with Gasteiger partial charge in [0.25, 0.3) is 11.6 Å². The number of nitro groups is 1. The van der Waals surface area contributed by atoms with Crippen LogP contribution in [0.25, 0.3) is 5.69 Å². The summed E-state index contributed by atoms with van der Waals surface area (Å²) in [5, 5.41) is 21.8. The van der Waals surface area contributed by atoms with E-state index in [1.165, 1.54) is 19.2 Å². The molecule has 10 heteroatoms. The van der Waals surface area contributed by atoms with Gasteiger partial charge in [-0.1, -0.05) is 0 Å². The number of rotatable bonds is 7. The molecular weight excluding hydrogens is 426 g/mol. The number of anilines is 1. The molecule has 0 aliphatic carbocycles. The van der Waals surface area contributed by atoms with E-state index in [0.717, 1.165) is 31.6 Å². The Morgan fingerprint density at radius 1 is 1.12 bits per heavy atom. The summed E-state index contributed by atoms with van der Waals surface area (Å²) in [6.07, 6.45) is 3.26. The lowest BCUT2D eigenvalue weighted by Gasteiger charge is -2.24. The van der Waals surface area contributed by atoms with Crippen LogP contribution in [-0.2, 0) is 0 Å². The molecule has 0 atom stereocenters. The molecule has 1 fully saturated rings. The van der Waals surface area contributed by atoms with Gasteiger partial charge in [-0.3, -0.25) is 14.9 Å². The Kier molecular flexibility index (Phi) is 6.55. The molecular formula is C23H25N5O5. The highest BCUT2D eigenvalue weighted by Crippen LogP contribution is 2.33. The number of nitrogens with zero attached hydrogens (tertiary/aromatic N) is 3. The second kappa shape index (κ2) is 9.70. The predicted octanol–water partition coefficient (Wildman–Crippen LogP) is 3.52. The first-order valence-electron chi connectivity index (χ1n) is 10.6. The quantitative estimate of drug-likeness (QED) is 0.416. The maximum absolute atomic E-state index is 13.3. The number of amides is 1. The van der Waals surface area contributed by atoms with Crippen LogP contribution in [0.2, 0.25) is 0 Å². The number of piperidine rings is 1. The first kappa shape index (κ1) is 22.3. The van der Waals surface area contributed by atoms with Crippen molar-refractivity contribution in [3.8, 4) is 17.2 Å². The molecule has 0 unspecified atom stereocenters. The molecule has 1 amide bonds. The van der Waals surface area contributed by atoms with E-state index in [-0.39, 0.29) is 17.5 Å². The molecule has 4 rings (SSSR count). The summed E-state index contributed by atoms with van der Waals surface area (Å²) in [5.74, 6) is 0.909. The fourth-order valence-corrected chi connectivity index (χ4v) is 4.05. The SMILES string of the molecule is COc1ccc(NC(=O)c2cnn(-c3ccc([N+](=O)[O-])cc3)c2C2CCNCC2)cc1OC. The first-order valence-corrected chi connectivity index (χ1v) is 10.6. The molecule has 172 valence electrons. The van der Waals surface area contributed by atoms with Crippen molar-refractivity contribution in [2.45, 2.75) is 18.8 Å². The Hall–Kier alpha value is -3.92. The third kappa shape index (κ3) is 4.65. The summed E-state index contributed by atoms with van der Waals surface area (Å²) < 4.78 is 12.3. The van der Waals surface area contributed by atoms with Crippen LogP contribution >= 0.6 is 0 Å². The molecule has 33 heavy (non-hydrogen) atoms. The number of nitrogens with one attached hydrogen (secondary N) is 2. The van der Waals surface area contributed by atoms with Crippen molar-refractivity contribution < 1.29 is 19.2 Å². The molecule has 1 saturated heterocycles. The Balaban J connectivity index is 1.69. The van der Waals surface area contributed by atoms with E-state index < -0.39 is 4.92 Å². The number of hydrogen-bond acceptors (Lipinski definition) is 7. The van der Waals surface area contributed by atoms with Crippen molar-refractivity contribution >= 4 is 17.3 Å². The maximum Gasteiger partial charge on any atom is 0.269 e. The first-order chi connectivity index (χ1) is 16.0. The number of non-ortho nitro benzene ring substituents is 1. The number of methoxy groups -OCH3 is 2. The number of nitro benzene ring substituents is 1. The highest BCUT2D eigenvalue weighted by Gasteiger charge is 2.27. The smallest absolute Gasteiger partial charge is 0.269 e. The fraction of sp³-hybridized carbons (Fsp3) is 0.304. The standard InChI is InChI=1S/C23H25N5O5/c1-32-20-8-3-16(13-21(20)33-2)26-23(29)19-14-25-27(22(19)15-9-11-24-12-10-15)17-4-6-18(7-5-17)28(30)31/h3-8,13-15,24H,9-12H2,1-2H3,(H,26,29). The van der Waals surface area contributed by atoms with Gasteiger partial charge < -0.3 is 20.1 Å². The topological polar surface area (TPSA) is 121 Å². The van der Waals surface area contributed by atoms with Crippen molar-refractivity contribution in [2.24, 2.45) is 0 Å². The number of carbonyl (C=O) groups excluding carboxylic acids is 1. The van der Waals surface area contributed by atoms with Crippen molar-refractivity contribution in [3.05, 3.63) is 70.0 Å². The molecule has 1 aliphatic heterocycles. The van der Waals surface area contributed by atoms with E-state index in [1.54, 1.807) is 48.3 Å². The molecule has 2 heterocycles. The van der Waals surface area contributed by atoms with E-state index in [1.807, 2.05) is 0 Å². The van der Waals surface area contributed by atoms with Crippen LogP contribution in [0.15, 0.2) is 48.7 Å². The lowest BCUT2D eigenvalue weighted by atomic mass is 9.91. The maximum atomic E-state index is 13.3. The lowest BCUT2D eigenvalue weighted by molar-refractivity contribution is -0.384. The van der Waals surface area contributed by atoms with Crippen molar-refractivity contribution in [3.63, 3.8) is 0 Å². The Labute approximate surface area is 190 Å². The molecule has 0 radical (unpaired) electrons. The average molecular weight is 451 g/mol. The van der Waals surface area contributed by atoms with Gasteiger partial charge in [-0.2, -0.15) is 5.10 Å². The number of carbonyl (C=O) groups is 1. The Bertz CT molecular complexity index is 1150. The summed E-state index contributed by atoms with van der Waals surface area (Å²) in [7, 11) is 3.08. The molecule has 1 aromatic heterocycles. The van der Waals surface area contributed by atoms with Gasteiger partial charge in [0, 0.05) is 29.8 Å². The van der Waals surface area contributed by atoms with E-state index in [4.69, 9.17) is 9.47 Å². The van der Waals surface area contributed by atoms with Crippen molar-refractivity contribution in [1.29, 1.82) is 0 Å². The van der Waals surface area contributed by atoms with Crippen molar-refractivity contribution in [2.75, 3.05) is 32.6 Å². The summed E-state index contributed by atoms with van der Waals surface area (Å²) in [6, 6.07) is 11.3. The minimum atomic E-state index is -0.442. The number of hydrogen-bond donors (Lipinski definition) is 2. The van der Waals surface area contributed by atoms with Gasteiger partial charge in [-0.05, 0) is 50.2 Å². The monoisotopic (exact) mass is 451 g/mol. The van der Waals surface area contributed by atoms with Gasteiger partial charge >= 0.3 is 0 Å². The van der Waals surface area contributed by atoms with Crippen LogP contribution in [-0.4, -0.2) is 47.9 Å². The molecule has 2 N–H and O–H groups in total. The lowest BCUT2D eigenvalue weighted by Crippen LogP contribution is -2.29. The third-order valence-electron chi connectivity index (χ3n) is 5.72. The molecule has 0 spiro atoms. The highest BCUT2D eigenvalue weighted by atomic mass is 16.6. The number of benzene rings is 2. The van der Waals surface area contributed by atoms with Gasteiger partial charge in [-0.25, -0.2) is 4.68 Å². The van der Waals surface area contributed by atoms with Crippen LogP contribution in [0.5, 0.6) is 11.5 Å². The van der Waals surface area contributed by atoms with Crippen LogP contribution < -0.4 is 20.1 Å². The zero-order valence-electron chi connectivity index (χ0n) is 18.4. The average Bonchev–Trinajstić information content (AvgIpc) is 3.30. The predicted molar refractivity (Wildman–Crippen MR) is 123 cm³/mol. The van der Waals surface area contributed by atoms with Crippen LogP contribution in [0.3, 0.4) is 0 Å². The summed E-state index contributed by atoms with van der Waals surface area (Å²) in [4.78, 5) is 23.9. The van der Waals surface area contributed by atoms with Gasteiger partial charge in [0.05, 0.1) is 42.3 Å². The van der Waals surface area contributed by atoms with Gasteiger partial charge in [0.1, 0.15) is 0 Å². The van der Waals surface area contributed by atoms with E-state index in [2.05, 4.69) is 15.7 Å². The van der Waals surface area contributed by atoms with Gasteiger partial charge in [0.15, 0.2) is 11.5 Å². The van der Waals surface area contributed by atoms with E-state index >= 15 is 0 Å². The van der Waals surface area contributed by atoms with Gasteiger partial charge in [0.2, 0.25) is 0 Å². The van der Waals surface area contributed by atoms with Crippen molar-refractivity contribution in [1.82, 2.24) is 15.1 Å². The molecule has 1 aliphatic rings. The fourth-order valence-electron chi connectivity index (χ4n) is 4.05. The second-order valence-electron chi connectivity index (χ2n) is 7.68. The van der Waals surface area contributed by atoms with Crippen LogP contribution in [0.1, 0.15) is 34.8 Å². The summed E-state index contributed by atoms with van der Waals surface area (Å²) >= 11 is 0. The zero-order valence-corrected chi connectivity index (χ0v) is 18.4. The normalized spacial score (nSPS) is 14.0. The number of ether oxygens (including phenoxy) is 2.